The standard InChI is InChI=1S/C10H10N4O2S/c1-11-10-13-12-9(6-17-10)7-3-2-4-8(5-7)14(15)16/h2-5H,6H2,1H3,(H,11,13). The number of nitrogens with zero attached hydrogens (tertiary/aromatic N) is 3. The van der Waals surface area contributed by atoms with Gasteiger partial charge in [-0.05, 0) is 0 Å². The summed E-state index contributed by atoms with van der Waals surface area (Å²) in [5.74, 6) is 0.654. The number of nitrogens with one attached hydrogen (secondary N) is 1. The van der Waals surface area contributed by atoms with E-state index in [-0.39, 0.29) is 5.69 Å². The number of rotatable bonds is 2. The zero-order chi connectivity index (χ0) is 12.3. The van der Waals surface area contributed by atoms with Crippen molar-refractivity contribution in [2.75, 3.05) is 12.8 Å². The molecule has 7 heteroatoms. The monoisotopic (exact) mass is 250 g/mol. The lowest BCUT2D eigenvalue weighted by Gasteiger charge is -2.13. The van der Waals surface area contributed by atoms with Crippen molar-refractivity contribution in [1.82, 2.24) is 5.43 Å². The summed E-state index contributed by atoms with van der Waals surface area (Å²) in [4.78, 5) is 14.2. The van der Waals surface area contributed by atoms with Crippen LogP contribution in [0, 0.1) is 10.1 Å². The Morgan fingerprint density at radius 2 is 2.41 bits per heavy atom. The highest BCUT2D eigenvalue weighted by atomic mass is 32.2. The largest absolute Gasteiger partial charge is 0.270 e. The van der Waals surface area contributed by atoms with Crippen LogP contribution in [-0.2, 0) is 0 Å². The van der Waals surface area contributed by atoms with Gasteiger partial charge in [0.15, 0.2) is 5.17 Å². The van der Waals surface area contributed by atoms with Crippen LogP contribution in [0.15, 0.2) is 34.4 Å². The fourth-order valence-corrected chi connectivity index (χ4v) is 2.12. The summed E-state index contributed by atoms with van der Waals surface area (Å²) < 4.78 is 0. The van der Waals surface area contributed by atoms with Gasteiger partial charge in [0.05, 0.1) is 10.6 Å². The molecule has 1 aliphatic rings. The summed E-state index contributed by atoms with van der Waals surface area (Å²) in [5, 5.41) is 15.6. The van der Waals surface area contributed by atoms with E-state index < -0.39 is 4.92 Å². The van der Waals surface area contributed by atoms with E-state index in [4.69, 9.17) is 0 Å². The molecule has 2 rings (SSSR count). The first-order valence-electron chi connectivity index (χ1n) is 4.87. The molecule has 17 heavy (non-hydrogen) atoms. The molecule has 0 aromatic heterocycles. The summed E-state index contributed by atoms with van der Waals surface area (Å²) in [6.45, 7) is 0. The van der Waals surface area contributed by atoms with Crippen molar-refractivity contribution in [1.29, 1.82) is 0 Å². The third-order valence-corrected chi connectivity index (χ3v) is 3.19. The van der Waals surface area contributed by atoms with E-state index in [9.17, 15) is 10.1 Å². The van der Waals surface area contributed by atoms with Crippen LogP contribution in [0.4, 0.5) is 5.69 Å². The van der Waals surface area contributed by atoms with Crippen molar-refractivity contribution in [2.45, 2.75) is 0 Å². The number of thioether (sulfide) groups is 1. The average molecular weight is 250 g/mol. The van der Waals surface area contributed by atoms with Crippen LogP contribution >= 0.6 is 11.8 Å². The highest BCUT2D eigenvalue weighted by molar-refractivity contribution is 8.14. The Kier molecular flexibility index (Phi) is 3.38. The summed E-state index contributed by atoms with van der Waals surface area (Å²) >= 11 is 1.52. The fraction of sp³-hybridized carbons (Fsp3) is 0.200. The molecule has 1 aromatic carbocycles. The van der Waals surface area contributed by atoms with Crippen molar-refractivity contribution in [3.8, 4) is 0 Å². The SMILES string of the molecule is CN=C1NN=C(c2cccc([N+](=O)[O-])c2)CS1. The number of hydrogen-bond acceptors (Lipinski definition) is 5. The number of aliphatic imine (C=N–C) groups is 1. The highest BCUT2D eigenvalue weighted by Gasteiger charge is 2.14. The van der Waals surface area contributed by atoms with Crippen LogP contribution in [0.5, 0.6) is 0 Å². The lowest BCUT2D eigenvalue weighted by molar-refractivity contribution is -0.384. The minimum atomic E-state index is -0.410. The van der Waals surface area contributed by atoms with E-state index in [0.29, 0.717) is 5.75 Å². The molecule has 0 bridgehead atoms. The van der Waals surface area contributed by atoms with Gasteiger partial charge in [0, 0.05) is 30.5 Å². The normalized spacial score (nSPS) is 17.5. The molecule has 0 radical (unpaired) electrons. The van der Waals surface area contributed by atoms with Gasteiger partial charge in [0.25, 0.3) is 5.69 Å². The first kappa shape index (κ1) is 11.6. The van der Waals surface area contributed by atoms with Crippen molar-refractivity contribution >= 4 is 28.3 Å². The van der Waals surface area contributed by atoms with Crippen molar-refractivity contribution in [2.24, 2.45) is 10.1 Å². The Labute approximate surface area is 102 Å². The van der Waals surface area contributed by atoms with E-state index in [1.54, 1.807) is 13.1 Å². The van der Waals surface area contributed by atoms with Gasteiger partial charge < -0.3 is 0 Å². The number of amidine groups is 1. The number of benzene rings is 1. The molecule has 0 amide bonds. The van der Waals surface area contributed by atoms with Gasteiger partial charge in [0.2, 0.25) is 0 Å². The van der Waals surface area contributed by atoms with E-state index in [2.05, 4.69) is 15.5 Å². The Bertz CT molecular complexity index is 513. The molecule has 1 heterocycles. The molecule has 1 aliphatic heterocycles. The van der Waals surface area contributed by atoms with Crippen LogP contribution < -0.4 is 5.43 Å². The quantitative estimate of drug-likeness (QED) is 0.639. The zero-order valence-corrected chi connectivity index (χ0v) is 9.90. The maximum Gasteiger partial charge on any atom is 0.270 e. The van der Waals surface area contributed by atoms with Gasteiger partial charge in [-0.3, -0.25) is 20.5 Å². The minimum absolute atomic E-state index is 0.0742. The van der Waals surface area contributed by atoms with Gasteiger partial charge in [0.1, 0.15) is 0 Å². The van der Waals surface area contributed by atoms with Gasteiger partial charge >= 0.3 is 0 Å². The summed E-state index contributed by atoms with van der Waals surface area (Å²) in [6, 6.07) is 6.45. The lowest BCUT2D eigenvalue weighted by atomic mass is 10.1. The van der Waals surface area contributed by atoms with Crippen molar-refractivity contribution in [3.05, 3.63) is 39.9 Å². The molecule has 0 spiro atoms. The Morgan fingerprint density at radius 1 is 1.59 bits per heavy atom. The van der Waals surface area contributed by atoms with Gasteiger partial charge in [-0.1, -0.05) is 23.9 Å². The Hall–Kier alpha value is -1.89. The predicted molar refractivity (Wildman–Crippen MR) is 68.6 cm³/mol. The number of hydrazone groups is 1. The highest BCUT2D eigenvalue weighted by Crippen LogP contribution is 2.17. The second kappa shape index (κ2) is 4.96. The van der Waals surface area contributed by atoms with Gasteiger partial charge in [-0.15, -0.1) is 0 Å². The number of non-ortho nitro benzene ring substituents is 1. The van der Waals surface area contributed by atoms with Gasteiger partial charge in [-0.2, -0.15) is 5.10 Å². The van der Waals surface area contributed by atoms with Crippen LogP contribution in [-0.4, -0.2) is 28.6 Å². The van der Waals surface area contributed by atoms with Crippen molar-refractivity contribution < 1.29 is 4.92 Å². The smallest absolute Gasteiger partial charge is 0.265 e. The van der Waals surface area contributed by atoms with E-state index >= 15 is 0 Å². The third-order valence-electron chi connectivity index (χ3n) is 2.23. The molecule has 0 atom stereocenters. The summed E-state index contributed by atoms with van der Waals surface area (Å²) in [5.41, 5.74) is 4.41. The maximum atomic E-state index is 10.7. The van der Waals surface area contributed by atoms with Gasteiger partial charge in [-0.25, -0.2) is 0 Å². The molecule has 1 N–H and O–H groups in total. The Morgan fingerprint density at radius 3 is 3.00 bits per heavy atom. The van der Waals surface area contributed by atoms with E-state index in [1.165, 1.54) is 23.9 Å². The molecule has 0 fully saturated rings. The molecule has 6 nitrogen and oxygen atoms in total. The predicted octanol–water partition coefficient (Wildman–Crippen LogP) is 1.62. The molecular weight excluding hydrogens is 240 g/mol. The lowest BCUT2D eigenvalue weighted by Crippen LogP contribution is -2.25. The van der Waals surface area contributed by atoms with Crippen LogP contribution in [0.2, 0.25) is 0 Å². The minimum Gasteiger partial charge on any atom is -0.265 e. The number of hydrogen-bond donors (Lipinski definition) is 1. The summed E-state index contributed by atoms with van der Waals surface area (Å²) in [7, 11) is 1.68. The molecule has 0 saturated carbocycles. The second-order valence-corrected chi connectivity index (χ2v) is 4.26. The maximum absolute atomic E-state index is 10.7. The zero-order valence-electron chi connectivity index (χ0n) is 9.08. The second-order valence-electron chi connectivity index (χ2n) is 3.30. The topological polar surface area (TPSA) is 79.9 Å². The molecule has 0 aliphatic carbocycles. The fourth-order valence-electron chi connectivity index (χ4n) is 1.38. The van der Waals surface area contributed by atoms with Crippen LogP contribution in [0.3, 0.4) is 0 Å². The molecular formula is C10H10N4O2S. The third kappa shape index (κ3) is 2.62. The Balaban J connectivity index is 2.26. The van der Waals surface area contributed by atoms with Crippen LogP contribution in [0.1, 0.15) is 5.56 Å². The van der Waals surface area contributed by atoms with E-state index in [1.807, 2.05) is 6.07 Å². The average Bonchev–Trinajstić information content (AvgIpc) is 2.39. The van der Waals surface area contributed by atoms with E-state index in [0.717, 1.165) is 16.4 Å². The molecule has 0 saturated heterocycles. The molecule has 0 unspecified atom stereocenters. The number of nitro groups is 1. The molecule has 88 valence electrons. The number of nitro benzene ring substituents is 1. The van der Waals surface area contributed by atoms with Crippen molar-refractivity contribution in [3.63, 3.8) is 0 Å². The molecule has 1 aromatic rings. The van der Waals surface area contributed by atoms with Crippen LogP contribution in [0.25, 0.3) is 0 Å². The summed E-state index contributed by atoms with van der Waals surface area (Å²) in [6.07, 6.45) is 0. The first-order valence-corrected chi connectivity index (χ1v) is 5.86. The first-order chi connectivity index (χ1) is 8.20.